The SMILES string of the molecule is Nc1c(Cl)cc(-c2ccc(Cl)c(Cl)c2)cc1C(F)(F)F. The lowest BCUT2D eigenvalue weighted by molar-refractivity contribution is -0.136. The second-order valence-corrected chi connectivity index (χ2v) is 5.27. The van der Waals surface area contributed by atoms with Crippen molar-refractivity contribution in [2.45, 2.75) is 6.18 Å². The van der Waals surface area contributed by atoms with E-state index in [0.717, 1.165) is 6.07 Å². The van der Waals surface area contributed by atoms with Crippen LogP contribution in [0.2, 0.25) is 15.1 Å². The van der Waals surface area contributed by atoms with Gasteiger partial charge >= 0.3 is 6.18 Å². The van der Waals surface area contributed by atoms with Gasteiger partial charge < -0.3 is 5.73 Å². The van der Waals surface area contributed by atoms with Crippen molar-refractivity contribution in [1.29, 1.82) is 0 Å². The van der Waals surface area contributed by atoms with Gasteiger partial charge in [0, 0.05) is 0 Å². The summed E-state index contributed by atoms with van der Waals surface area (Å²) in [6, 6.07) is 6.80. The van der Waals surface area contributed by atoms with Crippen LogP contribution in [0.15, 0.2) is 30.3 Å². The Morgan fingerprint density at radius 1 is 0.800 bits per heavy atom. The molecule has 2 N–H and O–H groups in total. The van der Waals surface area contributed by atoms with E-state index in [2.05, 4.69) is 0 Å². The fourth-order valence-corrected chi connectivity index (χ4v) is 2.21. The molecule has 0 spiro atoms. The highest BCUT2D eigenvalue weighted by atomic mass is 35.5. The second-order valence-electron chi connectivity index (χ2n) is 4.05. The molecule has 0 saturated carbocycles. The molecular formula is C13H7Cl3F3N. The van der Waals surface area contributed by atoms with Crippen LogP contribution in [-0.2, 0) is 6.18 Å². The Labute approximate surface area is 128 Å². The smallest absolute Gasteiger partial charge is 0.397 e. The Bertz CT molecular complexity index is 669. The number of halogens is 6. The molecule has 2 rings (SSSR count). The number of nitrogens with two attached hydrogens (primary N) is 1. The lowest BCUT2D eigenvalue weighted by Crippen LogP contribution is -2.09. The molecule has 2 aromatic carbocycles. The summed E-state index contributed by atoms with van der Waals surface area (Å²) < 4.78 is 38.6. The number of alkyl halides is 3. The van der Waals surface area contributed by atoms with E-state index in [9.17, 15) is 13.2 Å². The lowest BCUT2D eigenvalue weighted by atomic mass is 10.0. The number of nitrogen functional groups attached to an aromatic ring is 1. The average Bonchev–Trinajstić information content (AvgIpc) is 2.34. The summed E-state index contributed by atoms with van der Waals surface area (Å²) in [6.45, 7) is 0. The number of hydrogen-bond acceptors (Lipinski definition) is 1. The molecule has 106 valence electrons. The van der Waals surface area contributed by atoms with Crippen LogP contribution in [0.25, 0.3) is 11.1 Å². The van der Waals surface area contributed by atoms with Gasteiger partial charge in [-0.1, -0.05) is 40.9 Å². The maximum atomic E-state index is 12.9. The minimum absolute atomic E-state index is 0.166. The van der Waals surface area contributed by atoms with E-state index in [1.54, 1.807) is 6.07 Å². The minimum atomic E-state index is -4.58. The third-order valence-electron chi connectivity index (χ3n) is 2.69. The van der Waals surface area contributed by atoms with E-state index in [1.807, 2.05) is 0 Å². The van der Waals surface area contributed by atoms with Gasteiger partial charge in [-0.15, -0.1) is 0 Å². The molecule has 1 nitrogen and oxygen atoms in total. The first kappa shape index (κ1) is 15.3. The zero-order chi connectivity index (χ0) is 15.1. The van der Waals surface area contributed by atoms with Gasteiger partial charge in [0.1, 0.15) is 0 Å². The van der Waals surface area contributed by atoms with Gasteiger partial charge in [0.25, 0.3) is 0 Å². The van der Waals surface area contributed by atoms with E-state index in [-0.39, 0.29) is 15.6 Å². The van der Waals surface area contributed by atoms with E-state index in [0.29, 0.717) is 10.6 Å². The van der Waals surface area contributed by atoms with Gasteiger partial charge in [0.15, 0.2) is 0 Å². The third-order valence-corrected chi connectivity index (χ3v) is 3.74. The Hall–Kier alpha value is -1.10. The van der Waals surface area contributed by atoms with Crippen LogP contribution < -0.4 is 5.73 Å². The van der Waals surface area contributed by atoms with Crippen LogP contribution in [-0.4, -0.2) is 0 Å². The molecule has 7 heteroatoms. The molecule has 0 heterocycles. The highest BCUT2D eigenvalue weighted by Crippen LogP contribution is 2.40. The summed E-state index contributed by atoms with van der Waals surface area (Å²) in [5, 5.41) is 0.388. The first-order valence-electron chi connectivity index (χ1n) is 5.32. The molecule has 0 atom stereocenters. The van der Waals surface area contributed by atoms with Gasteiger partial charge in [0.2, 0.25) is 0 Å². The summed E-state index contributed by atoms with van der Waals surface area (Å²) in [5.74, 6) is 0. The van der Waals surface area contributed by atoms with Crippen LogP contribution in [0.5, 0.6) is 0 Å². The maximum absolute atomic E-state index is 12.9. The fourth-order valence-electron chi connectivity index (χ4n) is 1.69. The van der Waals surface area contributed by atoms with Crippen molar-refractivity contribution in [3.05, 3.63) is 51.0 Å². The second kappa shape index (κ2) is 5.35. The normalized spacial score (nSPS) is 11.7. The molecule has 0 radical (unpaired) electrons. The number of hydrogen-bond donors (Lipinski definition) is 1. The van der Waals surface area contributed by atoms with E-state index in [1.165, 1.54) is 18.2 Å². The topological polar surface area (TPSA) is 26.0 Å². The Morgan fingerprint density at radius 3 is 1.95 bits per heavy atom. The number of anilines is 1. The third kappa shape index (κ3) is 2.97. The molecule has 0 saturated heterocycles. The van der Waals surface area contributed by atoms with E-state index >= 15 is 0 Å². The molecule has 0 aromatic heterocycles. The summed E-state index contributed by atoms with van der Waals surface area (Å²) in [7, 11) is 0. The molecular weight excluding hydrogens is 334 g/mol. The Morgan fingerprint density at radius 2 is 1.40 bits per heavy atom. The molecule has 0 fully saturated rings. The van der Waals surface area contributed by atoms with Gasteiger partial charge in [-0.3, -0.25) is 0 Å². The summed E-state index contributed by atoms with van der Waals surface area (Å²) in [6.07, 6.45) is -4.58. The monoisotopic (exact) mass is 339 g/mol. The molecule has 0 unspecified atom stereocenters. The van der Waals surface area contributed by atoms with Crippen molar-refractivity contribution in [2.24, 2.45) is 0 Å². The predicted octanol–water partition coefficient (Wildman–Crippen LogP) is 5.91. The van der Waals surface area contributed by atoms with Crippen molar-refractivity contribution in [3.8, 4) is 11.1 Å². The molecule has 2 aromatic rings. The zero-order valence-corrected chi connectivity index (χ0v) is 12.0. The molecule has 0 aliphatic carbocycles. The Kier molecular flexibility index (Phi) is 4.09. The van der Waals surface area contributed by atoms with Gasteiger partial charge in [0.05, 0.1) is 26.3 Å². The first-order chi connectivity index (χ1) is 9.20. The van der Waals surface area contributed by atoms with Crippen LogP contribution in [0.4, 0.5) is 18.9 Å². The zero-order valence-electron chi connectivity index (χ0n) is 9.73. The average molecular weight is 341 g/mol. The van der Waals surface area contributed by atoms with Crippen molar-refractivity contribution >= 4 is 40.5 Å². The quantitative estimate of drug-likeness (QED) is 0.641. The van der Waals surface area contributed by atoms with E-state index < -0.39 is 17.4 Å². The van der Waals surface area contributed by atoms with Crippen molar-refractivity contribution in [3.63, 3.8) is 0 Å². The van der Waals surface area contributed by atoms with Crippen molar-refractivity contribution in [2.75, 3.05) is 5.73 Å². The highest BCUT2D eigenvalue weighted by molar-refractivity contribution is 6.42. The van der Waals surface area contributed by atoms with Crippen molar-refractivity contribution in [1.82, 2.24) is 0 Å². The summed E-state index contributed by atoms with van der Waals surface area (Å²) in [5.41, 5.74) is 4.62. The van der Waals surface area contributed by atoms with Crippen LogP contribution in [0, 0.1) is 0 Å². The minimum Gasteiger partial charge on any atom is -0.397 e. The maximum Gasteiger partial charge on any atom is 0.418 e. The standard InChI is InChI=1S/C13H7Cl3F3N/c14-9-2-1-6(4-10(9)15)7-3-8(13(17,18)19)12(20)11(16)5-7/h1-5H,20H2. The molecule has 0 aliphatic heterocycles. The van der Waals surface area contributed by atoms with Crippen LogP contribution >= 0.6 is 34.8 Å². The Balaban J connectivity index is 2.63. The summed E-state index contributed by atoms with van der Waals surface area (Å²) >= 11 is 17.4. The molecule has 0 aliphatic rings. The molecule has 20 heavy (non-hydrogen) atoms. The van der Waals surface area contributed by atoms with Gasteiger partial charge in [-0.05, 0) is 35.4 Å². The van der Waals surface area contributed by atoms with Gasteiger partial charge in [-0.25, -0.2) is 0 Å². The summed E-state index contributed by atoms with van der Waals surface area (Å²) in [4.78, 5) is 0. The van der Waals surface area contributed by atoms with Gasteiger partial charge in [-0.2, -0.15) is 13.2 Å². The number of rotatable bonds is 1. The molecule has 0 bridgehead atoms. The lowest BCUT2D eigenvalue weighted by Gasteiger charge is -2.14. The largest absolute Gasteiger partial charge is 0.418 e. The number of benzene rings is 2. The highest BCUT2D eigenvalue weighted by Gasteiger charge is 2.34. The van der Waals surface area contributed by atoms with E-state index in [4.69, 9.17) is 40.5 Å². The first-order valence-corrected chi connectivity index (χ1v) is 6.45. The molecule has 0 amide bonds. The van der Waals surface area contributed by atoms with Crippen LogP contribution in [0.3, 0.4) is 0 Å². The van der Waals surface area contributed by atoms with Crippen LogP contribution in [0.1, 0.15) is 5.56 Å². The predicted molar refractivity (Wildman–Crippen MR) is 76.3 cm³/mol. The van der Waals surface area contributed by atoms with Crippen molar-refractivity contribution < 1.29 is 13.2 Å². The fraction of sp³-hybridized carbons (Fsp3) is 0.0769.